The van der Waals surface area contributed by atoms with Gasteiger partial charge in [-0.15, -0.1) is 0 Å². The molecule has 0 saturated heterocycles. The van der Waals surface area contributed by atoms with Crippen LogP contribution in [0.15, 0.2) is 46.9 Å². The second-order valence-corrected chi connectivity index (χ2v) is 6.73. The molecule has 106 valence electrons. The normalized spacial score (nSPS) is 12.4. The highest BCUT2D eigenvalue weighted by atomic mass is 79.9. The molecule has 0 N–H and O–H groups in total. The summed E-state index contributed by atoms with van der Waals surface area (Å²) in [7, 11) is 0. The van der Waals surface area contributed by atoms with E-state index >= 15 is 0 Å². The Morgan fingerprint density at radius 3 is 2.50 bits per heavy atom. The van der Waals surface area contributed by atoms with Gasteiger partial charge in [-0.2, -0.15) is 0 Å². The van der Waals surface area contributed by atoms with Gasteiger partial charge in [0, 0.05) is 20.4 Å². The summed E-state index contributed by atoms with van der Waals surface area (Å²) < 4.78 is 14.9. The van der Waals surface area contributed by atoms with E-state index in [1.807, 2.05) is 12.1 Å². The highest BCUT2D eigenvalue weighted by Gasteiger charge is 2.15. The Balaban J connectivity index is 2.13. The SMILES string of the molecule is Fc1cccc(Cl)c1CC(CBr)Cc1cccc(Br)c1. The van der Waals surface area contributed by atoms with Gasteiger partial charge >= 0.3 is 0 Å². The van der Waals surface area contributed by atoms with Crippen molar-refractivity contribution in [3.8, 4) is 0 Å². The minimum absolute atomic E-state index is 0.224. The third-order valence-corrected chi connectivity index (χ3v) is 4.95. The molecule has 20 heavy (non-hydrogen) atoms. The van der Waals surface area contributed by atoms with Crippen molar-refractivity contribution in [3.63, 3.8) is 0 Å². The summed E-state index contributed by atoms with van der Waals surface area (Å²) in [5.74, 6) is 0.0800. The zero-order valence-electron chi connectivity index (χ0n) is 10.8. The van der Waals surface area contributed by atoms with Gasteiger partial charge in [-0.05, 0) is 48.6 Å². The van der Waals surface area contributed by atoms with Gasteiger partial charge in [0.05, 0.1) is 0 Å². The lowest BCUT2D eigenvalue weighted by atomic mass is 9.94. The number of benzene rings is 2. The van der Waals surface area contributed by atoms with E-state index in [2.05, 4.69) is 44.0 Å². The smallest absolute Gasteiger partial charge is 0.127 e. The molecule has 0 bridgehead atoms. The van der Waals surface area contributed by atoms with Crippen molar-refractivity contribution >= 4 is 43.5 Å². The second kappa shape index (κ2) is 7.58. The molecule has 0 fully saturated rings. The molecule has 0 aliphatic rings. The van der Waals surface area contributed by atoms with Crippen LogP contribution in [0, 0.1) is 11.7 Å². The van der Waals surface area contributed by atoms with E-state index in [0.29, 0.717) is 22.9 Å². The molecule has 4 heteroatoms. The van der Waals surface area contributed by atoms with E-state index in [0.717, 1.165) is 16.2 Å². The molecule has 0 aliphatic heterocycles. The summed E-state index contributed by atoms with van der Waals surface area (Å²) in [4.78, 5) is 0. The minimum Gasteiger partial charge on any atom is -0.207 e. The van der Waals surface area contributed by atoms with Crippen molar-refractivity contribution in [1.82, 2.24) is 0 Å². The van der Waals surface area contributed by atoms with Crippen molar-refractivity contribution in [2.24, 2.45) is 5.92 Å². The molecule has 0 spiro atoms. The van der Waals surface area contributed by atoms with Crippen LogP contribution in [0.3, 0.4) is 0 Å². The fraction of sp³-hybridized carbons (Fsp3) is 0.250. The van der Waals surface area contributed by atoms with Gasteiger partial charge in [0.15, 0.2) is 0 Å². The molecular formula is C16H14Br2ClF. The number of rotatable bonds is 5. The van der Waals surface area contributed by atoms with Crippen LogP contribution in [0.25, 0.3) is 0 Å². The zero-order valence-corrected chi connectivity index (χ0v) is 14.7. The van der Waals surface area contributed by atoms with E-state index in [1.165, 1.54) is 11.6 Å². The summed E-state index contributed by atoms with van der Waals surface area (Å²) in [6.45, 7) is 0. The van der Waals surface area contributed by atoms with Crippen molar-refractivity contribution in [2.45, 2.75) is 12.8 Å². The zero-order chi connectivity index (χ0) is 14.5. The Bertz CT molecular complexity index is 566. The lowest BCUT2D eigenvalue weighted by Gasteiger charge is -2.16. The summed E-state index contributed by atoms with van der Waals surface area (Å²) >= 11 is 13.1. The molecule has 0 aliphatic carbocycles. The molecule has 2 rings (SSSR count). The molecule has 2 aromatic rings. The monoisotopic (exact) mass is 418 g/mol. The lowest BCUT2D eigenvalue weighted by Crippen LogP contribution is -2.11. The topological polar surface area (TPSA) is 0 Å². The van der Waals surface area contributed by atoms with E-state index in [-0.39, 0.29) is 5.82 Å². The van der Waals surface area contributed by atoms with E-state index in [4.69, 9.17) is 11.6 Å². The van der Waals surface area contributed by atoms with Gasteiger partial charge in [-0.1, -0.05) is 61.7 Å². The number of halogens is 4. The standard InChI is InChI=1S/C16H14Br2ClF/c17-10-12(7-11-3-1-4-13(18)8-11)9-14-15(19)5-2-6-16(14)20/h1-6,8,12H,7,9-10H2. The summed E-state index contributed by atoms with van der Waals surface area (Å²) in [6, 6.07) is 13.0. The van der Waals surface area contributed by atoms with Gasteiger partial charge in [-0.3, -0.25) is 0 Å². The van der Waals surface area contributed by atoms with Crippen molar-refractivity contribution in [2.75, 3.05) is 5.33 Å². The van der Waals surface area contributed by atoms with Crippen molar-refractivity contribution in [1.29, 1.82) is 0 Å². The first-order chi connectivity index (χ1) is 9.60. The van der Waals surface area contributed by atoms with E-state index in [1.54, 1.807) is 12.1 Å². The minimum atomic E-state index is -0.224. The van der Waals surface area contributed by atoms with Crippen LogP contribution in [-0.4, -0.2) is 5.33 Å². The first-order valence-electron chi connectivity index (χ1n) is 6.33. The van der Waals surface area contributed by atoms with Crippen LogP contribution in [0.2, 0.25) is 5.02 Å². The van der Waals surface area contributed by atoms with Crippen LogP contribution in [-0.2, 0) is 12.8 Å². The van der Waals surface area contributed by atoms with Crippen LogP contribution in [0.1, 0.15) is 11.1 Å². The Labute approximate surface area is 140 Å². The van der Waals surface area contributed by atoms with Gasteiger partial charge in [0.2, 0.25) is 0 Å². The lowest BCUT2D eigenvalue weighted by molar-refractivity contribution is 0.550. The summed E-state index contributed by atoms with van der Waals surface area (Å²) in [5.41, 5.74) is 1.84. The van der Waals surface area contributed by atoms with Gasteiger partial charge in [0.1, 0.15) is 5.82 Å². The maximum Gasteiger partial charge on any atom is 0.127 e. The third-order valence-electron chi connectivity index (χ3n) is 3.19. The third kappa shape index (κ3) is 4.31. The molecule has 1 unspecified atom stereocenters. The first kappa shape index (κ1) is 16.0. The molecule has 0 heterocycles. The Kier molecular flexibility index (Phi) is 6.06. The molecule has 0 nitrogen and oxygen atoms in total. The number of hydrogen-bond donors (Lipinski definition) is 0. The Morgan fingerprint density at radius 1 is 1.10 bits per heavy atom. The molecule has 0 amide bonds. The van der Waals surface area contributed by atoms with Gasteiger partial charge in [0.25, 0.3) is 0 Å². The highest BCUT2D eigenvalue weighted by Crippen LogP contribution is 2.25. The Morgan fingerprint density at radius 2 is 1.85 bits per heavy atom. The molecule has 0 saturated carbocycles. The van der Waals surface area contributed by atoms with Crippen molar-refractivity contribution < 1.29 is 4.39 Å². The average Bonchev–Trinajstić information content (AvgIpc) is 2.42. The van der Waals surface area contributed by atoms with Gasteiger partial charge < -0.3 is 0 Å². The molecular weight excluding hydrogens is 406 g/mol. The van der Waals surface area contributed by atoms with Crippen LogP contribution >= 0.6 is 43.5 Å². The van der Waals surface area contributed by atoms with Crippen LogP contribution in [0.5, 0.6) is 0 Å². The number of alkyl halides is 1. The molecule has 0 radical (unpaired) electrons. The first-order valence-corrected chi connectivity index (χ1v) is 8.62. The largest absolute Gasteiger partial charge is 0.207 e. The quantitative estimate of drug-likeness (QED) is 0.518. The van der Waals surface area contributed by atoms with Crippen molar-refractivity contribution in [3.05, 3.63) is 68.9 Å². The number of hydrogen-bond acceptors (Lipinski definition) is 0. The Hall–Kier alpha value is -0.380. The molecule has 2 aromatic carbocycles. The van der Waals surface area contributed by atoms with Crippen LogP contribution in [0.4, 0.5) is 4.39 Å². The predicted molar refractivity (Wildman–Crippen MR) is 90.2 cm³/mol. The van der Waals surface area contributed by atoms with E-state index < -0.39 is 0 Å². The molecule has 1 atom stereocenters. The van der Waals surface area contributed by atoms with Gasteiger partial charge in [-0.25, -0.2) is 4.39 Å². The summed E-state index contributed by atoms with van der Waals surface area (Å²) in [5, 5.41) is 1.31. The fourth-order valence-electron chi connectivity index (χ4n) is 2.19. The maximum absolute atomic E-state index is 13.8. The fourth-order valence-corrected chi connectivity index (χ4v) is 3.34. The summed E-state index contributed by atoms with van der Waals surface area (Å²) in [6.07, 6.45) is 1.51. The highest BCUT2D eigenvalue weighted by molar-refractivity contribution is 9.10. The predicted octanol–water partition coefficient (Wildman–Crippen LogP) is 6.04. The van der Waals surface area contributed by atoms with E-state index in [9.17, 15) is 4.39 Å². The maximum atomic E-state index is 13.8. The average molecular weight is 421 g/mol. The molecule has 0 aromatic heterocycles. The van der Waals surface area contributed by atoms with Crippen LogP contribution < -0.4 is 0 Å². The second-order valence-electron chi connectivity index (χ2n) is 4.76.